The van der Waals surface area contributed by atoms with Crippen molar-refractivity contribution in [3.8, 4) is 0 Å². The van der Waals surface area contributed by atoms with Gasteiger partial charge in [0, 0.05) is 36.9 Å². The van der Waals surface area contributed by atoms with Crippen molar-refractivity contribution in [2.24, 2.45) is 4.99 Å². The molecule has 138 valence electrons. The number of halogens is 1. The van der Waals surface area contributed by atoms with Gasteiger partial charge in [-0.05, 0) is 48.0 Å². The highest BCUT2D eigenvalue weighted by Crippen LogP contribution is 2.32. The Morgan fingerprint density at radius 3 is 2.41 bits per heavy atom. The molecule has 4 rings (SSSR count). The highest BCUT2D eigenvalue weighted by molar-refractivity contribution is 8.18. The molecule has 2 aromatic carbocycles. The van der Waals surface area contributed by atoms with Gasteiger partial charge in [-0.1, -0.05) is 48.0 Å². The summed E-state index contributed by atoms with van der Waals surface area (Å²) >= 11 is 7.64. The van der Waals surface area contributed by atoms with Crippen molar-refractivity contribution in [2.45, 2.75) is 6.92 Å². The number of aryl methyl sites for hydroxylation is 1. The second-order valence-electron chi connectivity index (χ2n) is 6.59. The summed E-state index contributed by atoms with van der Waals surface area (Å²) in [5.41, 5.74) is 3.42. The minimum Gasteiger partial charge on any atom is -0.368 e. The van der Waals surface area contributed by atoms with Crippen molar-refractivity contribution in [2.75, 3.05) is 31.1 Å². The number of amidine groups is 1. The average Bonchev–Trinajstić information content (AvgIpc) is 3.05. The lowest BCUT2D eigenvalue weighted by atomic mass is 10.1. The number of hydrogen-bond acceptors (Lipinski definition) is 4. The Balaban J connectivity index is 1.43. The van der Waals surface area contributed by atoms with Gasteiger partial charge < -0.3 is 9.80 Å². The van der Waals surface area contributed by atoms with Gasteiger partial charge in [0.2, 0.25) is 0 Å². The highest BCUT2D eigenvalue weighted by atomic mass is 35.5. The maximum atomic E-state index is 12.3. The molecule has 4 nitrogen and oxygen atoms in total. The molecule has 6 heteroatoms. The molecule has 0 aliphatic carbocycles. The molecule has 1 amide bonds. The molecule has 2 aliphatic rings. The number of para-hydroxylation sites is 1. The van der Waals surface area contributed by atoms with E-state index in [4.69, 9.17) is 11.6 Å². The van der Waals surface area contributed by atoms with Crippen LogP contribution in [0.4, 0.5) is 5.69 Å². The Kier molecular flexibility index (Phi) is 5.23. The zero-order valence-corrected chi connectivity index (χ0v) is 16.6. The van der Waals surface area contributed by atoms with Crippen LogP contribution in [-0.4, -0.2) is 42.2 Å². The molecule has 2 aromatic rings. The van der Waals surface area contributed by atoms with Crippen LogP contribution >= 0.6 is 23.4 Å². The number of anilines is 1. The number of benzene rings is 2. The largest absolute Gasteiger partial charge is 0.368 e. The van der Waals surface area contributed by atoms with Crippen molar-refractivity contribution in [3.63, 3.8) is 0 Å². The molecule has 2 heterocycles. The monoisotopic (exact) mass is 397 g/mol. The third-order valence-electron chi connectivity index (χ3n) is 4.81. The number of thioether (sulfide) groups is 1. The number of rotatable bonds is 2. The van der Waals surface area contributed by atoms with Gasteiger partial charge in [-0.2, -0.15) is 4.99 Å². The first-order valence-electron chi connectivity index (χ1n) is 8.94. The van der Waals surface area contributed by atoms with Crippen molar-refractivity contribution in [1.29, 1.82) is 0 Å². The summed E-state index contributed by atoms with van der Waals surface area (Å²) in [6.45, 7) is 5.69. The Hall–Kier alpha value is -2.24. The predicted molar refractivity (Wildman–Crippen MR) is 114 cm³/mol. The van der Waals surface area contributed by atoms with E-state index in [-0.39, 0.29) is 5.91 Å². The fourth-order valence-corrected chi connectivity index (χ4v) is 4.47. The van der Waals surface area contributed by atoms with Crippen LogP contribution in [0.5, 0.6) is 0 Å². The van der Waals surface area contributed by atoms with Gasteiger partial charge in [0.05, 0.1) is 4.91 Å². The molecule has 0 saturated carbocycles. The maximum absolute atomic E-state index is 12.3. The van der Waals surface area contributed by atoms with E-state index < -0.39 is 0 Å². The zero-order valence-electron chi connectivity index (χ0n) is 15.1. The summed E-state index contributed by atoms with van der Waals surface area (Å²) in [5.74, 6) is -0.184. The molecule has 2 aliphatic heterocycles. The minimum atomic E-state index is -0.184. The number of amides is 1. The molecule has 0 atom stereocenters. The van der Waals surface area contributed by atoms with E-state index in [1.54, 1.807) is 0 Å². The summed E-state index contributed by atoms with van der Waals surface area (Å²) in [6, 6.07) is 16.0. The first-order valence-corrected chi connectivity index (χ1v) is 10.1. The number of carbonyl (C=O) groups excluding carboxylic acids is 1. The van der Waals surface area contributed by atoms with Crippen LogP contribution < -0.4 is 4.90 Å². The lowest BCUT2D eigenvalue weighted by molar-refractivity contribution is -0.113. The molecule has 0 bridgehead atoms. The fourth-order valence-electron chi connectivity index (χ4n) is 3.32. The lowest BCUT2D eigenvalue weighted by Gasteiger charge is -2.37. The van der Waals surface area contributed by atoms with Gasteiger partial charge in [-0.15, -0.1) is 0 Å². The molecule has 0 N–H and O–H groups in total. The molecule has 1 fully saturated rings. The van der Waals surface area contributed by atoms with E-state index in [0.29, 0.717) is 9.93 Å². The Morgan fingerprint density at radius 2 is 1.67 bits per heavy atom. The van der Waals surface area contributed by atoms with E-state index in [9.17, 15) is 4.79 Å². The summed E-state index contributed by atoms with van der Waals surface area (Å²) in [5, 5.41) is 1.43. The summed E-state index contributed by atoms with van der Waals surface area (Å²) < 4.78 is 0. The number of carbonyl (C=O) groups is 1. The molecular formula is C21H20ClN3OS. The molecule has 27 heavy (non-hydrogen) atoms. The molecule has 1 saturated heterocycles. The molecule has 0 spiro atoms. The first kappa shape index (κ1) is 18.1. The highest BCUT2D eigenvalue weighted by Gasteiger charge is 2.28. The van der Waals surface area contributed by atoms with E-state index in [1.165, 1.54) is 23.0 Å². The summed E-state index contributed by atoms with van der Waals surface area (Å²) in [4.78, 5) is 21.8. The van der Waals surface area contributed by atoms with Crippen LogP contribution in [0.2, 0.25) is 5.02 Å². The fraction of sp³-hybridized carbons (Fsp3) is 0.238. The third-order valence-corrected chi connectivity index (χ3v) is 6.20. The normalized spacial score (nSPS) is 19.0. The summed E-state index contributed by atoms with van der Waals surface area (Å²) in [7, 11) is 0. The van der Waals surface area contributed by atoms with Crippen molar-refractivity contribution in [3.05, 3.63) is 69.6 Å². The Morgan fingerprint density at radius 1 is 1.00 bits per heavy atom. The van der Waals surface area contributed by atoms with Crippen LogP contribution in [0, 0.1) is 6.92 Å². The van der Waals surface area contributed by atoms with Gasteiger partial charge in [0.15, 0.2) is 5.17 Å². The van der Waals surface area contributed by atoms with E-state index in [1.807, 2.05) is 30.3 Å². The third kappa shape index (κ3) is 3.89. The van der Waals surface area contributed by atoms with E-state index >= 15 is 0 Å². The Bertz CT molecular complexity index is 933. The quantitative estimate of drug-likeness (QED) is 0.702. The molecule has 0 unspecified atom stereocenters. The van der Waals surface area contributed by atoms with E-state index in [0.717, 1.165) is 36.9 Å². The molecular weight excluding hydrogens is 378 g/mol. The molecule has 0 radical (unpaired) electrons. The van der Waals surface area contributed by atoms with Crippen LogP contribution in [0.3, 0.4) is 0 Å². The van der Waals surface area contributed by atoms with Crippen molar-refractivity contribution in [1.82, 2.24) is 4.90 Å². The van der Waals surface area contributed by atoms with Crippen LogP contribution in [0.15, 0.2) is 58.4 Å². The smallest absolute Gasteiger partial charge is 0.286 e. The van der Waals surface area contributed by atoms with Gasteiger partial charge in [-0.3, -0.25) is 4.79 Å². The van der Waals surface area contributed by atoms with Crippen LogP contribution in [0.1, 0.15) is 11.1 Å². The summed E-state index contributed by atoms with van der Waals surface area (Å²) in [6.07, 6.45) is 1.83. The van der Waals surface area contributed by atoms with Crippen LogP contribution in [-0.2, 0) is 4.79 Å². The maximum Gasteiger partial charge on any atom is 0.286 e. The topological polar surface area (TPSA) is 35.9 Å². The van der Waals surface area contributed by atoms with Crippen LogP contribution in [0.25, 0.3) is 6.08 Å². The first-order chi connectivity index (χ1) is 13.1. The number of piperazine rings is 1. The van der Waals surface area contributed by atoms with Crippen molar-refractivity contribution >= 4 is 46.2 Å². The minimum absolute atomic E-state index is 0.184. The number of nitrogens with zero attached hydrogens (tertiary/aromatic N) is 3. The SMILES string of the molecule is Cc1ccccc1N1CCN(C2=NC(=O)/C(=C/c3ccccc3Cl)S2)CC1. The van der Waals surface area contributed by atoms with Gasteiger partial charge >= 0.3 is 0 Å². The van der Waals surface area contributed by atoms with E-state index in [2.05, 4.69) is 46.0 Å². The predicted octanol–water partition coefficient (Wildman–Crippen LogP) is 4.44. The van der Waals surface area contributed by atoms with Crippen molar-refractivity contribution < 1.29 is 4.79 Å². The molecule has 0 aromatic heterocycles. The average molecular weight is 398 g/mol. The zero-order chi connectivity index (χ0) is 18.8. The standard InChI is InChI=1S/C21H20ClN3OS/c1-15-6-2-5-9-18(15)24-10-12-25(13-11-24)21-23-20(26)19(27-21)14-16-7-3-4-8-17(16)22/h2-9,14H,10-13H2,1H3/b19-14-. The van der Waals surface area contributed by atoms with Gasteiger partial charge in [-0.25, -0.2) is 0 Å². The van der Waals surface area contributed by atoms with Gasteiger partial charge in [0.25, 0.3) is 5.91 Å². The second kappa shape index (κ2) is 7.79. The lowest BCUT2D eigenvalue weighted by Crippen LogP contribution is -2.48. The number of hydrogen-bond donors (Lipinski definition) is 0. The second-order valence-corrected chi connectivity index (χ2v) is 8.01. The Labute approximate surface area is 168 Å². The van der Waals surface area contributed by atoms with Gasteiger partial charge in [0.1, 0.15) is 0 Å². The number of aliphatic imine (C=N–C) groups is 1.